The Kier molecular flexibility index (Phi) is 4.43. The van der Waals surface area contributed by atoms with E-state index in [1.165, 1.54) is 3.58 Å². The van der Waals surface area contributed by atoms with Gasteiger partial charge >= 0.3 is 0 Å². The quantitative estimate of drug-likeness (QED) is 0.467. The van der Waals surface area contributed by atoms with Crippen molar-refractivity contribution < 1.29 is 0 Å². The molecule has 0 heterocycles. The number of hydrogen-bond acceptors (Lipinski definition) is 0. The van der Waals surface area contributed by atoms with Crippen molar-refractivity contribution in [1.29, 1.82) is 0 Å². The second-order valence-corrected chi connectivity index (χ2v) is 2.96. The van der Waals surface area contributed by atoms with E-state index in [-0.39, 0.29) is 0 Å². The van der Waals surface area contributed by atoms with Crippen LogP contribution in [0.15, 0.2) is 9.66 Å². The van der Waals surface area contributed by atoms with Crippen molar-refractivity contribution in [2.24, 2.45) is 0 Å². The Morgan fingerprint density at radius 2 is 2.50 bits per heavy atom. The Labute approximate surface area is 56.7 Å². The van der Waals surface area contributed by atoms with Crippen molar-refractivity contribution >= 4 is 34.2 Å². The molecule has 0 aliphatic carbocycles. The highest BCUT2D eigenvalue weighted by atomic mass is 127. The molecule has 0 amide bonds. The molecule has 6 heavy (non-hydrogen) atoms. The summed E-state index contributed by atoms with van der Waals surface area (Å²) in [6, 6.07) is 0. The van der Waals surface area contributed by atoms with Gasteiger partial charge < -0.3 is 0 Å². The molecule has 0 rings (SSSR count). The van der Waals surface area contributed by atoms with E-state index in [1.807, 2.05) is 13.0 Å². The van der Waals surface area contributed by atoms with Crippen molar-refractivity contribution in [3.8, 4) is 0 Å². The summed E-state index contributed by atoms with van der Waals surface area (Å²) in [5.74, 6) is 0.634. The molecule has 0 aromatic heterocycles. The molecule has 0 aromatic carbocycles. The van der Waals surface area contributed by atoms with Gasteiger partial charge in [-0.25, -0.2) is 0 Å². The third-order valence-electron chi connectivity index (χ3n) is 0.358. The summed E-state index contributed by atoms with van der Waals surface area (Å²) in [5.41, 5.74) is 0. The standard InChI is InChI=1S/C4H6ClI/c1-4(6)2-3-5/h2H,3H2,1H3/b4-2+. The predicted octanol–water partition coefficient (Wildman–Crippen LogP) is 2.56. The van der Waals surface area contributed by atoms with Gasteiger partial charge in [-0.05, 0) is 33.1 Å². The zero-order chi connectivity index (χ0) is 4.99. The Bertz CT molecular complexity index is 54.6. The Morgan fingerprint density at radius 1 is 2.00 bits per heavy atom. The number of hydrogen-bond donors (Lipinski definition) is 0. The van der Waals surface area contributed by atoms with Crippen molar-refractivity contribution in [2.45, 2.75) is 6.92 Å². The maximum Gasteiger partial charge on any atom is 0.0414 e. The van der Waals surface area contributed by atoms with E-state index in [4.69, 9.17) is 11.6 Å². The number of rotatable bonds is 1. The van der Waals surface area contributed by atoms with Gasteiger partial charge in [0.05, 0.1) is 0 Å². The minimum absolute atomic E-state index is 0.634. The van der Waals surface area contributed by atoms with Crippen LogP contribution >= 0.6 is 34.2 Å². The Balaban J connectivity index is 3.14. The van der Waals surface area contributed by atoms with Crippen LogP contribution in [0.5, 0.6) is 0 Å². The van der Waals surface area contributed by atoms with E-state index in [1.54, 1.807) is 0 Å². The second kappa shape index (κ2) is 3.93. The van der Waals surface area contributed by atoms with Gasteiger partial charge in [0.1, 0.15) is 0 Å². The summed E-state index contributed by atoms with van der Waals surface area (Å²) >= 11 is 7.53. The molecule has 0 nitrogen and oxygen atoms in total. The lowest BCUT2D eigenvalue weighted by molar-refractivity contribution is 1.63. The lowest BCUT2D eigenvalue weighted by Crippen LogP contribution is -1.58. The molecule has 0 saturated carbocycles. The zero-order valence-corrected chi connectivity index (χ0v) is 6.45. The smallest absolute Gasteiger partial charge is 0.0414 e. The lowest BCUT2D eigenvalue weighted by Gasteiger charge is -1.76. The highest BCUT2D eigenvalue weighted by molar-refractivity contribution is 14.1. The molecule has 36 valence electrons. The van der Waals surface area contributed by atoms with E-state index in [0.717, 1.165) is 0 Å². The van der Waals surface area contributed by atoms with E-state index in [2.05, 4.69) is 22.6 Å². The van der Waals surface area contributed by atoms with E-state index in [9.17, 15) is 0 Å². The van der Waals surface area contributed by atoms with Crippen LogP contribution < -0.4 is 0 Å². The first-order valence-electron chi connectivity index (χ1n) is 1.65. The third kappa shape index (κ3) is 4.76. The minimum Gasteiger partial charge on any atom is -0.122 e. The maximum absolute atomic E-state index is 5.32. The van der Waals surface area contributed by atoms with Crippen molar-refractivity contribution in [2.75, 3.05) is 5.88 Å². The summed E-state index contributed by atoms with van der Waals surface area (Å²) in [6.07, 6.45) is 1.96. The minimum atomic E-state index is 0.634. The molecule has 0 atom stereocenters. The van der Waals surface area contributed by atoms with Gasteiger partial charge in [0.25, 0.3) is 0 Å². The van der Waals surface area contributed by atoms with Crippen LogP contribution in [0.3, 0.4) is 0 Å². The number of halogens is 2. The van der Waals surface area contributed by atoms with E-state index >= 15 is 0 Å². The molecule has 0 fully saturated rings. The van der Waals surface area contributed by atoms with Crippen molar-refractivity contribution in [3.05, 3.63) is 9.66 Å². The Hall–Kier alpha value is 0.760. The van der Waals surface area contributed by atoms with Gasteiger partial charge in [-0.1, -0.05) is 6.08 Å². The number of alkyl halides is 1. The molecule has 0 spiro atoms. The van der Waals surface area contributed by atoms with Crippen LogP contribution in [0.4, 0.5) is 0 Å². The molecule has 0 aliphatic heterocycles. The van der Waals surface area contributed by atoms with Crippen LogP contribution in [-0.4, -0.2) is 5.88 Å². The monoisotopic (exact) mass is 216 g/mol. The van der Waals surface area contributed by atoms with Gasteiger partial charge in [0.2, 0.25) is 0 Å². The molecular formula is C4H6ClI. The molecule has 2 heteroatoms. The highest BCUT2D eigenvalue weighted by Gasteiger charge is 1.71. The fourth-order valence-corrected chi connectivity index (χ4v) is 0.818. The van der Waals surface area contributed by atoms with E-state index < -0.39 is 0 Å². The van der Waals surface area contributed by atoms with Crippen LogP contribution in [-0.2, 0) is 0 Å². The van der Waals surface area contributed by atoms with Gasteiger partial charge in [0.15, 0.2) is 0 Å². The largest absolute Gasteiger partial charge is 0.122 e. The maximum atomic E-state index is 5.32. The zero-order valence-electron chi connectivity index (χ0n) is 3.54. The highest BCUT2D eigenvalue weighted by Crippen LogP contribution is 2.01. The Morgan fingerprint density at radius 3 is 2.50 bits per heavy atom. The van der Waals surface area contributed by atoms with Crippen LogP contribution in [0.25, 0.3) is 0 Å². The summed E-state index contributed by atoms with van der Waals surface area (Å²) in [4.78, 5) is 0. The normalized spacial score (nSPS) is 12.2. The summed E-state index contributed by atoms with van der Waals surface area (Å²) in [5, 5.41) is 0. The van der Waals surface area contributed by atoms with Gasteiger partial charge in [-0.3, -0.25) is 0 Å². The third-order valence-corrected chi connectivity index (χ3v) is 0.953. The van der Waals surface area contributed by atoms with E-state index in [0.29, 0.717) is 5.88 Å². The first kappa shape index (κ1) is 6.76. The SMILES string of the molecule is C/C(I)=C\CCl. The molecule has 0 aromatic rings. The van der Waals surface area contributed by atoms with Gasteiger partial charge in [-0.2, -0.15) is 0 Å². The molecule has 0 aliphatic rings. The van der Waals surface area contributed by atoms with Crippen LogP contribution in [0.2, 0.25) is 0 Å². The number of allylic oxidation sites excluding steroid dienone is 2. The van der Waals surface area contributed by atoms with Crippen molar-refractivity contribution in [3.63, 3.8) is 0 Å². The molecule has 0 radical (unpaired) electrons. The van der Waals surface area contributed by atoms with Crippen molar-refractivity contribution in [1.82, 2.24) is 0 Å². The summed E-state index contributed by atoms with van der Waals surface area (Å²) in [7, 11) is 0. The molecule has 0 bridgehead atoms. The molecule has 0 unspecified atom stereocenters. The first-order valence-corrected chi connectivity index (χ1v) is 3.27. The molecule has 0 saturated heterocycles. The fourth-order valence-electron chi connectivity index (χ4n) is 0.106. The van der Waals surface area contributed by atoms with Crippen LogP contribution in [0.1, 0.15) is 6.92 Å². The lowest BCUT2D eigenvalue weighted by atomic mass is 10.6. The average molecular weight is 216 g/mol. The second-order valence-electron chi connectivity index (χ2n) is 0.945. The molecular weight excluding hydrogens is 210 g/mol. The average Bonchev–Trinajstić information content (AvgIpc) is 1.35. The van der Waals surface area contributed by atoms with Crippen LogP contribution in [0, 0.1) is 0 Å². The predicted molar refractivity (Wildman–Crippen MR) is 38.5 cm³/mol. The summed E-state index contributed by atoms with van der Waals surface area (Å²) in [6.45, 7) is 2.02. The summed E-state index contributed by atoms with van der Waals surface area (Å²) < 4.78 is 1.25. The fraction of sp³-hybridized carbons (Fsp3) is 0.500. The molecule has 0 N–H and O–H groups in total. The first-order chi connectivity index (χ1) is 2.77. The topological polar surface area (TPSA) is 0 Å². The van der Waals surface area contributed by atoms with Gasteiger partial charge in [0, 0.05) is 5.88 Å². The van der Waals surface area contributed by atoms with Gasteiger partial charge in [-0.15, -0.1) is 11.6 Å².